The molecule has 1 aromatic carbocycles. The third-order valence-electron chi connectivity index (χ3n) is 3.73. The summed E-state index contributed by atoms with van der Waals surface area (Å²) in [4.78, 5) is 35.8. The van der Waals surface area contributed by atoms with Gasteiger partial charge in [-0.05, 0) is 24.1 Å². The Kier molecular flexibility index (Phi) is 7.42. The van der Waals surface area contributed by atoms with Gasteiger partial charge in [-0.2, -0.15) is 0 Å². The first-order valence-corrected chi connectivity index (χ1v) is 8.33. The minimum atomic E-state index is -0.756. The Labute approximate surface area is 151 Å². The molecule has 2 N–H and O–H groups in total. The summed E-state index contributed by atoms with van der Waals surface area (Å²) in [5.74, 6) is -0.966. The average molecular weight is 358 g/mol. The molecule has 0 fully saturated rings. The van der Waals surface area contributed by atoms with Crippen molar-refractivity contribution in [2.45, 2.75) is 25.3 Å². The molecule has 7 nitrogen and oxygen atoms in total. The number of esters is 1. The topological polar surface area (TPSA) is 97.6 Å². The van der Waals surface area contributed by atoms with E-state index >= 15 is 0 Å². The van der Waals surface area contributed by atoms with E-state index < -0.39 is 11.9 Å². The quantitative estimate of drug-likeness (QED) is 0.525. The third kappa shape index (κ3) is 6.08. The van der Waals surface area contributed by atoms with E-state index in [0.29, 0.717) is 19.4 Å². The molecule has 1 aromatic heterocycles. The number of furan rings is 1. The van der Waals surface area contributed by atoms with Crippen molar-refractivity contribution in [2.75, 3.05) is 13.7 Å². The maximum absolute atomic E-state index is 12.5. The molecular weight excluding hydrogens is 336 g/mol. The fourth-order valence-electron chi connectivity index (χ4n) is 2.37. The maximum atomic E-state index is 12.5. The molecule has 0 radical (unpaired) electrons. The number of rotatable bonds is 9. The zero-order valence-corrected chi connectivity index (χ0v) is 14.6. The van der Waals surface area contributed by atoms with Gasteiger partial charge in [-0.3, -0.25) is 14.4 Å². The highest BCUT2D eigenvalue weighted by atomic mass is 16.5. The largest absolute Gasteiger partial charge is 0.469 e. The summed E-state index contributed by atoms with van der Waals surface area (Å²) >= 11 is 0. The van der Waals surface area contributed by atoms with Gasteiger partial charge in [0.25, 0.3) is 5.91 Å². The molecule has 2 aromatic rings. The van der Waals surface area contributed by atoms with Crippen LogP contribution in [0.25, 0.3) is 0 Å². The predicted octanol–water partition coefficient (Wildman–Crippen LogP) is 1.69. The average Bonchev–Trinajstić information content (AvgIpc) is 3.20. The zero-order chi connectivity index (χ0) is 18.8. The van der Waals surface area contributed by atoms with Crippen LogP contribution in [0.3, 0.4) is 0 Å². The molecule has 0 aliphatic heterocycles. The third-order valence-corrected chi connectivity index (χ3v) is 3.73. The number of nitrogens with one attached hydrogen (secondary N) is 2. The molecule has 138 valence electrons. The molecule has 26 heavy (non-hydrogen) atoms. The van der Waals surface area contributed by atoms with Crippen molar-refractivity contribution < 1.29 is 23.5 Å². The lowest BCUT2D eigenvalue weighted by Crippen LogP contribution is -2.48. The van der Waals surface area contributed by atoms with Crippen LogP contribution >= 0.6 is 0 Å². The standard InChI is InChI=1S/C19H22N2O5/c1-25-17(22)10-5-11-20-18(23)15(13-14-7-3-2-4-8-14)21-19(24)16-9-6-12-26-16/h2-4,6-9,12,15H,5,10-11,13H2,1H3,(H,20,23)(H,21,24). The van der Waals surface area contributed by atoms with Crippen molar-refractivity contribution in [3.8, 4) is 0 Å². The van der Waals surface area contributed by atoms with E-state index in [0.717, 1.165) is 5.56 Å². The van der Waals surface area contributed by atoms with E-state index in [1.54, 1.807) is 6.07 Å². The zero-order valence-electron chi connectivity index (χ0n) is 14.6. The molecule has 0 aliphatic rings. The van der Waals surface area contributed by atoms with Crippen LogP contribution in [0, 0.1) is 0 Å². The van der Waals surface area contributed by atoms with Gasteiger partial charge in [-0.1, -0.05) is 30.3 Å². The molecule has 1 heterocycles. The van der Waals surface area contributed by atoms with Crippen LogP contribution in [0.15, 0.2) is 53.1 Å². The van der Waals surface area contributed by atoms with E-state index in [2.05, 4.69) is 15.4 Å². The minimum Gasteiger partial charge on any atom is -0.469 e. The first-order chi connectivity index (χ1) is 12.6. The Balaban J connectivity index is 1.96. The van der Waals surface area contributed by atoms with Crippen molar-refractivity contribution in [3.05, 3.63) is 60.1 Å². The van der Waals surface area contributed by atoms with Gasteiger partial charge in [0.2, 0.25) is 5.91 Å². The highest BCUT2D eigenvalue weighted by Crippen LogP contribution is 2.06. The number of hydrogen-bond donors (Lipinski definition) is 2. The second kappa shape index (κ2) is 10.0. The molecule has 2 rings (SSSR count). The Morgan fingerprint density at radius 3 is 2.54 bits per heavy atom. The number of carbonyl (C=O) groups excluding carboxylic acids is 3. The van der Waals surface area contributed by atoms with Gasteiger partial charge in [-0.15, -0.1) is 0 Å². The number of methoxy groups -OCH3 is 1. The fourth-order valence-corrected chi connectivity index (χ4v) is 2.37. The fraction of sp³-hybridized carbons (Fsp3) is 0.316. The van der Waals surface area contributed by atoms with E-state index in [4.69, 9.17) is 4.42 Å². The number of amides is 2. The second-order valence-electron chi connectivity index (χ2n) is 5.66. The van der Waals surface area contributed by atoms with E-state index in [9.17, 15) is 14.4 Å². The summed E-state index contributed by atoms with van der Waals surface area (Å²) in [5.41, 5.74) is 0.918. The Morgan fingerprint density at radius 2 is 1.88 bits per heavy atom. The van der Waals surface area contributed by atoms with Gasteiger partial charge in [0.05, 0.1) is 13.4 Å². The van der Waals surface area contributed by atoms with Crippen LogP contribution in [-0.2, 0) is 20.7 Å². The van der Waals surface area contributed by atoms with Crippen molar-refractivity contribution >= 4 is 17.8 Å². The monoisotopic (exact) mass is 358 g/mol. The highest BCUT2D eigenvalue weighted by molar-refractivity contribution is 5.95. The summed E-state index contributed by atoms with van der Waals surface area (Å²) in [6.45, 7) is 0.315. The summed E-state index contributed by atoms with van der Waals surface area (Å²) in [5, 5.41) is 5.43. The lowest BCUT2D eigenvalue weighted by Gasteiger charge is -2.18. The number of ether oxygens (including phenoxy) is 1. The molecular formula is C19H22N2O5. The Morgan fingerprint density at radius 1 is 1.12 bits per heavy atom. The van der Waals surface area contributed by atoms with Gasteiger partial charge in [0.15, 0.2) is 5.76 Å². The normalized spacial score (nSPS) is 11.4. The lowest BCUT2D eigenvalue weighted by atomic mass is 10.0. The lowest BCUT2D eigenvalue weighted by molar-refractivity contribution is -0.140. The molecule has 1 atom stereocenters. The summed E-state index contributed by atoms with van der Waals surface area (Å²) in [6, 6.07) is 11.8. The summed E-state index contributed by atoms with van der Waals surface area (Å²) in [7, 11) is 1.32. The van der Waals surface area contributed by atoms with E-state index in [1.165, 1.54) is 19.4 Å². The SMILES string of the molecule is COC(=O)CCCNC(=O)C(Cc1ccccc1)NC(=O)c1ccco1. The molecule has 0 spiro atoms. The molecule has 7 heteroatoms. The maximum Gasteiger partial charge on any atom is 0.305 e. The van der Waals surface area contributed by atoms with Crippen molar-refractivity contribution in [3.63, 3.8) is 0 Å². The van der Waals surface area contributed by atoms with Gasteiger partial charge in [0, 0.05) is 19.4 Å². The van der Waals surface area contributed by atoms with Gasteiger partial charge >= 0.3 is 5.97 Å². The number of benzene rings is 1. The van der Waals surface area contributed by atoms with Crippen LogP contribution in [0.4, 0.5) is 0 Å². The molecule has 0 saturated heterocycles. The van der Waals surface area contributed by atoms with Gasteiger partial charge in [0.1, 0.15) is 6.04 Å². The highest BCUT2D eigenvalue weighted by Gasteiger charge is 2.22. The Bertz CT molecular complexity index is 713. The van der Waals surface area contributed by atoms with Crippen molar-refractivity contribution in [1.29, 1.82) is 0 Å². The van der Waals surface area contributed by atoms with E-state index in [-0.39, 0.29) is 24.1 Å². The summed E-state index contributed by atoms with van der Waals surface area (Å²) in [6.07, 6.45) is 2.42. The van der Waals surface area contributed by atoms with Crippen LogP contribution in [0.2, 0.25) is 0 Å². The van der Waals surface area contributed by atoms with Crippen LogP contribution in [0.1, 0.15) is 29.0 Å². The number of hydrogen-bond acceptors (Lipinski definition) is 5. The molecule has 0 aliphatic carbocycles. The predicted molar refractivity (Wildman–Crippen MR) is 94.4 cm³/mol. The first-order valence-electron chi connectivity index (χ1n) is 8.33. The molecule has 2 amide bonds. The summed E-state index contributed by atoms with van der Waals surface area (Å²) < 4.78 is 9.63. The molecule has 1 unspecified atom stereocenters. The van der Waals surface area contributed by atoms with E-state index in [1.807, 2.05) is 30.3 Å². The Hall–Kier alpha value is -3.09. The number of carbonyl (C=O) groups is 3. The van der Waals surface area contributed by atoms with Crippen molar-refractivity contribution in [1.82, 2.24) is 10.6 Å². The van der Waals surface area contributed by atoms with Gasteiger partial charge < -0.3 is 19.8 Å². The minimum absolute atomic E-state index is 0.140. The molecule has 0 bridgehead atoms. The molecule has 0 saturated carbocycles. The first kappa shape index (κ1) is 19.2. The van der Waals surface area contributed by atoms with Crippen LogP contribution in [-0.4, -0.2) is 37.5 Å². The van der Waals surface area contributed by atoms with Crippen LogP contribution in [0.5, 0.6) is 0 Å². The smallest absolute Gasteiger partial charge is 0.305 e. The van der Waals surface area contributed by atoms with Gasteiger partial charge in [-0.25, -0.2) is 0 Å². The van der Waals surface area contributed by atoms with Crippen LogP contribution < -0.4 is 10.6 Å². The second-order valence-corrected chi connectivity index (χ2v) is 5.66. The van der Waals surface area contributed by atoms with Crippen molar-refractivity contribution in [2.24, 2.45) is 0 Å².